The number of hydrogen-bond acceptors (Lipinski definition) is 5. The highest BCUT2D eigenvalue weighted by Gasteiger charge is 2.24. The molecule has 0 heterocycles. The van der Waals surface area contributed by atoms with E-state index in [-0.39, 0.29) is 35.7 Å². The van der Waals surface area contributed by atoms with Crippen LogP contribution in [0.3, 0.4) is 0 Å². The number of hydrogen-bond donors (Lipinski definition) is 4. The van der Waals surface area contributed by atoms with Gasteiger partial charge in [0, 0.05) is 49.1 Å². The number of carbonyl (C=O) groups excluding carboxylic acids is 2. The summed E-state index contributed by atoms with van der Waals surface area (Å²) in [5.41, 5.74) is 9.30. The van der Waals surface area contributed by atoms with Crippen molar-refractivity contribution in [3.05, 3.63) is 100 Å². The van der Waals surface area contributed by atoms with Crippen molar-refractivity contribution in [2.75, 3.05) is 25.4 Å². The largest absolute Gasteiger partial charge is 0.399 e. The van der Waals surface area contributed by atoms with Crippen LogP contribution in [-0.4, -0.2) is 53.6 Å². The van der Waals surface area contributed by atoms with Crippen LogP contribution in [0, 0.1) is 11.6 Å². The molecule has 226 valence electrons. The summed E-state index contributed by atoms with van der Waals surface area (Å²) in [6, 6.07) is 14.8. The fraction of sp³-hybridized carbons (Fsp3) is 0.394. The quantitative estimate of drug-likeness (QED) is 0.192. The molecular formula is C33H42F2N4O3. The molecule has 0 spiro atoms. The van der Waals surface area contributed by atoms with Crippen LogP contribution in [0.1, 0.15) is 71.0 Å². The molecule has 0 aliphatic carbocycles. The van der Waals surface area contributed by atoms with Crippen molar-refractivity contribution in [1.82, 2.24) is 15.5 Å². The molecule has 0 saturated heterocycles. The molecule has 0 saturated carbocycles. The molecule has 0 aliphatic rings. The number of nitrogens with two attached hydrogens (primary N) is 1. The zero-order chi connectivity index (χ0) is 30.6. The van der Waals surface area contributed by atoms with E-state index in [0.717, 1.165) is 30.9 Å². The number of aryl methyl sites for hydroxylation is 1. The van der Waals surface area contributed by atoms with E-state index in [1.54, 1.807) is 4.90 Å². The molecule has 0 aromatic heterocycles. The van der Waals surface area contributed by atoms with Gasteiger partial charge in [0.25, 0.3) is 11.8 Å². The van der Waals surface area contributed by atoms with Gasteiger partial charge in [0.05, 0.1) is 12.1 Å². The van der Waals surface area contributed by atoms with Crippen LogP contribution >= 0.6 is 0 Å². The summed E-state index contributed by atoms with van der Waals surface area (Å²) in [6.45, 7) is 7.82. The van der Waals surface area contributed by atoms with Crippen molar-refractivity contribution in [2.45, 2.75) is 65.1 Å². The van der Waals surface area contributed by atoms with Gasteiger partial charge in [-0.1, -0.05) is 45.0 Å². The number of amides is 2. The third-order valence-corrected chi connectivity index (χ3v) is 6.98. The van der Waals surface area contributed by atoms with Crippen molar-refractivity contribution in [1.29, 1.82) is 0 Å². The van der Waals surface area contributed by atoms with Crippen molar-refractivity contribution in [3.63, 3.8) is 0 Å². The maximum atomic E-state index is 13.9. The Hall–Kier alpha value is -3.82. The summed E-state index contributed by atoms with van der Waals surface area (Å²) < 4.78 is 27.9. The first kappa shape index (κ1) is 32.7. The predicted octanol–water partition coefficient (Wildman–Crippen LogP) is 4.86. The summed E-state index contributed by atoms with van der Waals surface area (Å²) in [4.78, 5) is 28.3. The molecule has 42 heavy (non-hydrogen) atoms. The zero-order valence-corrected chi connectivity index (χ0v) is 24.6. The molecule has 7 nitrogen and oxygen atoms in total. The zero-order valence-electron chi connectivity index (χ0n) is 24.6. The molecule has 3 rings (SSSR count). The Balaban J connectivity index is 1.80. The Morgan fingerprint density at radius 2 is 1.52 bits per heavy atom. The molecule has 0 radical (unpaired) electrons. The molecular weight excluding hydrogens is 538 g/mol. The number of benzene rings is 3. The van der Waals surface area contributed by atoms with Crippen LogP contribution in [0.5, 0.6) is 0 Å². The number of rotatable bonds is 15. The van der Waals surface area contributed by atoms with Crippen LogP contribution in [-0.2, 0) is 19.4 Å². The second kappa shape index (κ2) is 16.0. The minimum Gasteiger partial charge on any atom is -0.399 e. The molecule has 0 bridgehead atoms. The fourth-order valence-electron chi connectivity index (χ4n) is 4.93. The minimum atomic E-state index is -1.10. The maximum absolute atomic E-state index is 13.9. The number of carbonyl (C=O) groups is 2. The molecule has 5 N–H and O–H groups in total. The molecule has 0 unspecified atom stereocenters. The highest BCUT2D eigenvalue weighted by molar-refractivity contribution is 6.01. The van der Waals surface area contributed by atoms with Gasteiger partial charge in [-0.3, -0.25) is 9.59 Å². The average molecular weight is 581 g/mol. The van der Waals surface area contributed by atoms with Gasteiger partial charge in [0.1, 0.15) is 11.6 Å². The lowest BCUT2D eigenvalue weighted by Gasteiger charge is -2.25. The Morgan fingerprint density at radius 3 is 2.17 bits per heavy atom. The summed E-state index contributed by atoms with van der Waals surface area (Å²) in [5.74, 6) is -2.28. The first-order valence-corrected chi connectivity index (χ1v) is 14.6. The topological polar surface area (TPSA) is 108 Å². The third kappa shape index (κ3) is 9.63. The van der Waals surface area contributed by atoms with E-state index in [4.69, 9.17) is 5.73 Å². The normalized spacial score (nSPS) is 12.5. The highest BCUT2D eigenvalue weighted by Crippen LogP contribution is 2.17. The lowest BCUT2D eigenvalue weighted by Crippen LogP contribution is -2.48. The first-order valence-electron chi connectivity index (χ1n) is 14.6. The number of nitrogens with zero attached hydrogens (tertiary/aromatic N) is 1. The van der Waals surface area contributed by atoms with Gasteiger partial charge >= 0.3 is 0 Å². The van der Waals surface area contributed by atoms with Crippen LogP contribution in [0.25, 0.3) is 0 Å². The Kier molecular flexibility index (Phi) is 12.4. The number of aliphatic hydroxyl groups excluding tert-OH is 1. The number of nitrogen functional groups attached to an aromatic ring is 1. The molecule has 2 atom stereocenters. The Bertz CT molecular complexity index is 1320. The summed E-state index contributed by atoms with van der Waals surface area (Å²) in [6.07, 6.45) is 1.37. The highest BCUT2D eigenvalue weighted by atomic mass is 19.1. The lowest BCUT2D eigenvalue weighted by atomic mass is 9.99. The smallest absolute Gasteiger partial charge is 0.253 e. The summed E-state index contributed by atoms with van der Waals surface area (Å²) in [7, 11) is 0. The Labute approximate surface area is 247 Å². The maximum Gasteiger partial charge on any atom is 0.253 e. The van der Waals surface area contributed by atoms with Crippen molar-refractivity contribution in [2.24, 2.45) is 0 Å². The molecule has 0 fully saturated rings. The number of anilines is 1. The standard InChI is InChI=1S/C33H42F2N4O3/c1-4-10-39(11-5-2)33(42)26-16-25(17-29(36)18-26)32(41)38-30(15-24-13-27(34)19-28(35)14-24)31(40)21-37-20-23-9-7-8-22(6-3)12-23/h7-9,12-14,16-19,30-31,37,40H,4-6,10-11,15,20-21,36H2,1-3H3,(H,38,41)/t30-,31+/m1/s1. The fourth-order valence-corrected chi connectivity index (χ4v) is 4.93. The average Bonchev–Trinajstić information content (AvgIpc) is 2.95. The van der Waals surface area contributed by atoms with Gasteiger partial charge < -0.3 is 26.4 Å². The van der Waals surface area contributed by atoms with E-state index >= 15 is 0 Å². The second-order valence-corrected chi connectivity index (χ2v) is 10.6. The van der Waals surface area contributed by atoms with Crippen LogP contribution in [0.4, 0.5) is 14.5 Å². The number of aliphatic hydroxyl groups is 1. The molecule has 3 aromatic carbocycles. The number of nitrogens with one attached hydrogen (secondary N) is 2. The third-order valence-electron chi connectivity index (χ3n) is 6.98. The van der Waals surface area contributed by atoms with Crippen LogP contribution in [0.2, 0.25) is 0 Å². The Morgan fingerprint density at radius 1 is 0.881 bits per heavy atom. The molecule has 0 aliphatic heterocycles. The monoisotopic (exact) mass is 580 g/mol. The first-order chi connectivity index (χ1) is 20.1. The van der Waals surface area contributed by atoms with Crippen molar-refractivity contribution >= 4 is 17.5 Å². The van der Waals surface area contributed by atoms with Gasteiger partial charge in [0.2, 0.25) is 0 Å². The van der Waals surface area contributed by atoms with Crippen LogP contribution in [0.15, 0.2) is 60.7 Å². The van der Waals surface area contributed by atoms with E-state index in [1.807, 2.05) is 32.0 Å². The van der Waals surface area contributed by atoms with E-state index in [9.17, 15) is 23.5 Å². The summed E-state index contributed by atoms with van der Waals surface area (Å²) >= 11 is 0. The van der Waals surface area contributed by atoms with Crippen LogP contribution < -0.4 is 16.4 Å². The number of halogens is 2. The van der Waals surface area contributed by atoms with E-state index in [0.29, 0.717) is 25.2 Å². The minimum absolute atomic E-state index is 0.0243. The van der Waals surface area contributed by atoms with Gasteiger partial charge in [0.15, 0.2) is 0 Å². The second-order valence-electron chi connectivity index (χ2n) is 10.6. The van der Waals surface area contributed by atoms with Gasteiger partial charge in [-0.05, 0) is 72.7 Å². The molecule has 3 aromatic rings. The van der Waals surface area contributed by atoms with E-state index in [1.165, 1.54) is 35.9 Å². The predicted molar refractivity (Wildman–Crippen MR) is 162 cm³/mol. The summed E-state index contributed by atoms with van der Waals surface area (Å²) in [5, 5.41) is 17.1. The van der Waals surface area contributed by atoms with E-state index < -0.39 is 29.7 Å². The van der Waals surface area contributed by atoms with Gasteiger partial charge in [-0.25, -0.2) is 8.78 Å². The van der Waals surface area contributed by atoms with E-state index in [2.05, 4.69) is 23.6 Å². The van der Waals surface area contributed by atoms with Gasteiger partial charge in [-0.2, -0.15) is 0 Å². The lowest BCUT2D eigenvalue weighted by molar-refractivity contribution is 0.0755. The molecule has 2 amide bonds. The van der Waals surface area contributed by atoms with Gasteiger partial charge in [-0.15, -0.1) is 0 Å². The van der Waals surface area contributed by atoms with Crippen molar-refractivity contribution in [3.8, 4) is 0 Å². The van der Waals surface area contributed by atoms with Crippen molar-refractivity contribution < 1.29 is 23.5 Å². The molecule has 9 heteroatoms. The SMILES string of the molecule is CCCN(CCC)C(=O)c1cc(N)cc(C(=O)N[C@H](Cc2cc(F)cc(F)c2)[C@@H](O)CNCc2cccc(CC)c2)c1.